The van der Waals surface area contributed by atoms with Crippen molar-refractivity contribution in [1.29, 1.82) is 0 Å². The standard InChI is InChI=1S/C17H22O4/c1-17(2)20-15-14(18-10-11-6-4-3-5-7-11)13(12-8-9-12)19-16(15)21-17/h3-7,12-16H,8-10H2,1-2H3/t13-,14?,15?,16-/m1/s1. The lowest BCUT2D eigenvalue weighted by molar-refractivity contribution is -0.221. The average Bonchev–Trinajstić information content (AvgIpc) is 3.18. The van der Waals surface area contributed by atoms with E-state index in [1.807, 2.05) is 32.0 Å². The van der Waals surface area contributed by atoms with E-state index in [0.717, 1.165) is 0 Å². The Morgan fingerprint density at radius 2 is 1.86 bits per heavy atom. The van der Waals surface area contributed by atoms with E-state index in [2.05, 4.69) is 12.1 Å². The average molecular weight is 290 g/mol. The number of hydrogen-bond acceptors (Lipinski definition) is 4. The molecule has 0 bridgehead atoms. The maximum absolute atomic E-state index is 6.18. The molecule has 0 radical (unpaired) electrons. The van der Waals surface area contributed by atoms with Gasteiger partial charge in [-0.15, -0.1) is 0 Å². The van der Waals surface area contributed by atoms with Crippen molar-refractivity contribution in [2.24, 2.45) is 5.92 Å². The van der Waals surface area contributed by atoms with Gasteiger partial charge in [0, 0.05) is 0 Å². The summed E-state index contributed by atoms with van der Waals surface area (Å²) < 4.78 is 24.1. The molecule has 4 heteroatoms. The second-order valence-corrected chi connectivity index (χ2v) is 6.67. The number of fused-ring (bicyclic) bond motifs is 1. The van der Waals surface area contributed by atoms with Crippen molar-refractivity contribution in [2.45, 2.75) is 63.7 Å². The molecule has 2 unspecified atom stereocenters. The molecule has 114 valence electrons. The first-order valence-electron chi connectivity index (χ1n) is 7.79. The molecule has 0 aromatic heterocycles. The second-order valence-electron chi connectivity index (χ2n) is 6.67. The van der Waals surface area contributed by atoms with Gasteiger partial charge in [-0.05, 0) is 38.2 Å². The third-order valence-corrected chi connectivity index (χ3v) is 4.40. The van der Waals surface area contributed by atoms with E-state index in [0.29, 0.717) is 12.5 Å². The first-order chi connectivity index (χ1) is 10.1. The first-order valence-corrected chi connectivity index (χ1v) is 7.79. The highest BCUT2D eigenvalue weighted by molar-refractivity contribution is 5.13. The van der Waals surface area contributed by atoms with Crippen LogP contribution in [0.2, 0.25) is 0 Å². The summed E-state index contributed by atoms with van der Waals surface area (Å²) in [4.78, 5) is 0. The van der Waals surface area contributed by atoms with Crippen LogP contribution in [0.4, 0.5) is 0 Å². The van der Waals surface area contributed by atoms with Crippen molar-refractivity contribution in [1.82, 2.24) is 0 Å². The maximum atomic E-state index is 6.18. The molecule has 1 aromatic rings. The van der Waals surface area contributed by atoms with Crippen molar-refractivity contribution >= 4 is 0 Å². The van der Waals surface area contributed by atoms with E-state index < -0.39 is 5.79 Å². The molecule has 0 spiro atoms. The van der Waals surface area contributed by atoms with Crippen LogP contribution >= 0.6 is 0 Å². The third-order valence-electron chi connectivity index (χ3n) is 4.40. The van der Waals surface area contributed by atoms with Crippen molar-refractivity contribution in [3.63, 3.8) is 0 Å². The summed E-state index contributed by atoms with van der Waals surface area (Å²) in [5, 5.41) is 0. The van der Waals surface area contributed by atoms with E-state index in [4.69, 9.17) is 18.9 Å². The van der Waals surface area contributed by atoms with Gasteiger partial charge in [0.05, 0.1) is 12.7 Å². The van der Waals surface area contributed by atoms with Gasteiger partial charge >= 0.3 is 0 Å². The Kier molecular flexibility index (Phi) is 3.30. The molecule has 0 amide bonds. The fraction of sp³-hybridized carbons (Fsp3) is 0.647. The lowest BCUT2D eigenvalue weighted by atomic mass is 10.1. The normalized spacial score (nSPS) is 37.6. The molecule has 1 saturated carbocycles. The summed E-state index contributed by atoms with van der Waals surface area (Å²) in [7, 11) is 0. The SMILES string of the molecule is CC1(C)OC2C(OCc3ccccc3)[C@@H](C3CC3)O[C@@H]2O1. The zero-order valence-corrected chi connectivity index (χ0v) is 12.5. The smallest absolute Gasteiger partial charge is 0.190 e. The van der Waals surface area contributed by atoms with Crippen LogP contribution in [0.25, 0.3) is 0 Å². The predicted octanol–water partition coefficient (Wildman–Crippen LogP) is 2.86. The monoisotopic (exact) mass is 290 g/mol. The molecule has 1 aliphatic carbocycles. The Bertz CT molecular complexity index is 497. The zero-order valence-electron chi connectivity index (χ0n) is 12.5. The topological polar surface area (TPSA) is 36.9 Å². The predicted molar refractivity (Wildman–Crippen MR) is 76.4 cm³/mol. The van der Waals surface area contributed by atoms with Crippen LogP contribution in [-0.4, -0.2) is 30.4 Å². The molecule has 4 nitrogen and oxygen atoms in total. The van der Waals surface area contributed by atoms with Gasteiger partial charge in [0.15, 0.2) is 12.1 Å². The Morgan fingerprint density at radius 1 is 1.10 bits per heavy atom. The molecule has 0 N–H and O–H groups in total. The molecule has 2 heterocycles. The molecule has 2 aliphatic heterocycles. The van der Waals surface area contributed by atoms with Gasteiger partial charge in [0.2, 0.25) is 0 Å². The van der Waals surface area contributed by atoms with E-state index >= 15 is 0 Å². The highest BCUT2D eigenvalue weighted by Gasteiger charge is 2.58. The van der Waals surface area contributed by atoms with Crippen LogP contribution in [0.1, 0.15) is 32.3 Å². The number of rotatable bonds is 4. The summed E-state index contributed by atoms with van der Waals surface area (Å²) in [6.45, 7) is 4.44. The van der Waals surface area contributed by atoms with Crippen molar-refractivity contribution in [3.05, 3.63) is 35.9 Å². The van der Waals surface area contributed by atoms with E-state index in [-0.39, 0.29) is 24.6 Å². The van der Waals surface area contributed by atoms with Gasteiger partial charge in [0.1, 0.15) is 12.2 Å². The van der Waals surface area contributed by atoms with E-state index in [9.17, 15) is 0 Å². The number of ether oxygens (including phenoxy) is 4. The van der Waals surface area contributed by atoms with Crippen molar-refractivity contribution < 1.29 is 18.9 Å². The molecule has 4 atom stereocenters. The van der Waals surface area contributed by atoms with Gasteiger partial charge in [-0.25, -0.2) is 0 Å². The molecular formula is C17H22O4. The van der Waals surface area contributed by atoms with Crippen molar-refractivity contribution in [2.75, 3.05) is 0 Å². The minimum atomic E-state index is -0.585. The molecular weight excluding hydrogens is 268 g/mol. The molecule has 4 rings (SSSR count). The third kappa shape index (κ3) is 2.73. The lowest BCUT2D eigenvalue weighted by Crippen LogP contribution is -2.37. The Balaban J connectivity index is 1.47. The van der Waals surface area contributed by atoms with Crippen LogP contribution in [0.5, 0.6) is 0 Å². The zero-order chi connectivity index (χ0) is 14.4. The highest BCUT2D eigenvalue weighted by Crippen LogP contribution is 2.46. The Hall–Kier alpha value is -0.940. The summed E-state index contributed by atoms with van der Waals surface area (Å²) in [5.74, 6) is 0.0183. The van der Waals surface area contributed by atoms with Gasteiger partial charge in [-0.2, -0.15) is 0 Å². The minimum absolute atomic E-state index is 0.0375. The van der Waals surface area contributed by atoms with Crippen molar-refractivity contribution in [3.8, 4) is 0 Å². The van der Waals surface area contributed by atoms with Crippen LogP contribution in [0, 0.1) is 5.92 Å². The largest absolute Gasteiger partial charge is 0.368 e. The van der Waals surface area contributed by atoms with Gasteiger partial charge in [-0.1, -0.05) is 30.3 Å². The molecule has 2 saturated heterocycles. The second kappa shape index (κ2) is 5.06. The summed E-state index contributed by atoms with van der Waals surface area (Å²) >= 11 is 0. The van der Waals surface area contributed by atoms with Crippen LogP contribution < -0.4 is 0 Å². The van der Waals surface area contributed by atoms with E-state index in [1.165, 1.54) is 18.4 Å². The summed E-state index contributed by atoms with van der Waals surface area (Å²) in [6.07, 6.45) is 2.11. The fourth-order valence-corrected chi connectivity index (χ4v) is 3.26. The fourth-order valence-electron chi connectivity index (χ4n) is 3.26. The Morgan fingerprint density at radius 3 is 2.57 bits per heavy atom. The minimum Gasteiger partial charge on any atom is -0.368 e. The molecule has 3 aliphatic rings. The van der Waals surface area contributed by atoms with Gasteiger partial charge in [0.25, 0.3) is 0 Å². The first kappa shape index (κ1) is 13.7. The summed E-state index contributed by atoms with van der Waals surface area (Å²) in [5.41, 5.74) is 1.17. The molecule has 21 heavy (non-hydrogen) atoms. The molecule has 3 fully saturated rings. The number of hydrogen-bond donors (Lipinski definition) is 0. The van der Waals surface area contributed by atoms with Gasteiger partial charge in [-0.3, -0.25) is 0 Å². The maximum Gasteiger partial charge on any atom is 0.190 e. The van der Waals surface area contributed by atoms with E-state index in [1.54, 1.807) is 0 Å². The van der Waals surface area contributed by atoms with Crippen LogP contribution in [0.3, 0.4) is 0 Å². The highest BCUT2D eigenvalue weighted by atomic mass is 16.8. The Labute approximate surface area is 125 Å². The lowest BCUT2D eigenvalue weighted by Gasteiger charge is -2.26. The van der Waals surface area contributed by atoms with Crippen LogP contribution in [0.15, 0.2) is 30.3 Å². The summed E-state index contributed by atoms with van der Waals surface area (Å²) in [6, 6.07) is 10.2. The number of benzene rings is 1. The molecule has 1 aromatic carbocycles. The van der Waals surface area contributed by atoms with Gasteiger partial charge < -0.3 is 18.9 Å². The quantitative estimate of drug-likeness (QED) is 0.854. The van der Waals surface area contributed by atoms with Crippen LogP contribution in [-0.2, 0) is 25.6 Å².